The Morgan fingerprint density at radius 3 is 2.71 bits per heavy atom. The fourth-order valence-corrected chi connectivity index (χ4v) is 3.02. The van der Waals surface area contributed by atoms with Gasteiger partial charge in [0.2, 0.25) is 0 Å². The fraction of sp³-hybridized carbons (Fsp3) is 0.500. The summed E-state index contributed by atoms with van der Waals surface area (Å²) >= 11 is 3.28. The second-order valence-corrected chi connectivity index (χ2v) is 6.08. The lowest BCUT2D eigenvalue weighted by Crippen LogP contribution is -2.41. The molecule has 0 aliphatic carbocycles. The fourth-order valence-electron chi connectivity index (χ4n) is 2.52. The Hall–Kier alpha value is -1.08. The smallest absolute Gasteiger partial charge is 0.393 e. The Morgan fingerprint density at radius 1 is 1.43 bits per heavy atom. The van der Waals surface area contributed by atoms with Crippen molar-refractivity contribution in [1.82, 2.24) is 4.90 Å². The van der Waals surface area contributed by atoms with E-state index in [0.717, 1.165) is 5.56 Å². The van der Waals surface area contributed by atoms with Crippen LogP contribution < -0.4 is 0 Å². The molecule has 1 fully saturated rings. The van der Waals surface area contributed by atoms with Gasteiger partial charge in [0, 0.05) is 17.6 Å². The molecule has 1 heterocycles. The van der Waals surface area contributed by atoms with Gasteiger partial charge in [0.25, 0.3) is 0 Å². The van der Waals surface area contributed by atoms with Crippen molar-refractivity contribution in [3.8, 4) is 0 Å². The van der Waals surface area contributed by atoms with Crippen LogP contribution in [0.3, 0.4) is 0 Å². The summed E-state index contributed by atoms with van der Waals surface area (Å²) in [5, 5.41) is 8.89. The van der Waals surface area contributed by atoms with E-state index in [0.29, 0.717) is 24.0 Å². The number of carbonyl (C=O) groups is 1. The van der Waals surface area contributed by atoms with Crippen molar-refractivity contribution >= 4 is 21.9 Å². The molecule has 2 rings (SSSR count). The summed E-state index contributed by atoms with van der Waals surface area (Å²) < 4.78 is 38.9. The number of carboxylic acid groups (broad SMARTS) is 1. The molecular weight excluding hydrogens is 351 g/mol. The second kappa shape index (κ2) is 6.36. The molecule has 0 spiro atoms. The normalized spacial score (nSPS) is 20.5. The molecule has 0 saturated carbocycles. The molecule has 0 aromatic heterocycles. The molecule has 1 saturated heterocycles. The maximum absolute atomic E-state index is 12.8. The van der Waals surface area contributed by atoms with Crippen molar-refractivity contribution in [2.24, 2.45) is 5.92 Å². The van der Waals surface area contributed by atoms with Gasteiger partial charge in [0.05, 0.1) is 11.5 Å². The maximum Gasteiger partial charge on any atom is 0.393 e. The summed E-state index contributed by atoms with van der Waals surface area (Å²) in [6.07, 6.45) is -3.45. The van der Waals surface area contributed by atoms with Gasteiger partial charge in [-0.15, -0.1) is 0 Å². The van der Waals surface area contributed by atoms with Crippen LogP contribution in [0.2, 0.25) is 0 Å². The van der Waals surface area contributed by atoms with E-state index in [1.807, 2.05) is 0 Å². The summed E-state index contributed by atoms with van der Waals surface area (Å²) in [5.74, 6) is -2.30. The van der Waals surface area contributed by atoms with E-state index in [-0.39, 0.29) is 18.5 Å². The quantitative estimate of drug-likeness (QED) is 0.882. The van der Waals surface area contributed by atoms with Gasteiger partial charge >= 0.3 is 12.1 Å². The number of alkyl halides is 3. The molecule has 0 bridgehead atoms. The molecule has 21 heavy (non-hydrogen) atoms. The molecule has 1 aliphatic heterocycles. The number of rotatable bonds is 3. The molecule has 116 valence electrons. The van der Waals surface area contributed by atoms with Crippen LogP contribution >= 0.6 is 15.9 Å². The second-order valence-electron chi connectivity index (χ2n) is 5.23. The largest absolute Gasteiger partial charge is 0.478 e. The van der Waals surface area contributed by atoms with Gasteiger partial charge in [-0.2, -0.15) is 13.2 Å². The van der Waals surface area contributed by atoms with Crippen molar-refractivity contribution in [2.45, 2.75) is 25.6 Å². The van der Waals surface area contributed by atoms with E-state index >= 15 is 0 Å². The minimum absolute atomic E-state index is 0.00335. The zero-order chi connectivity index (χ0) is 15.6. The molecular formula is C14H15BrF3NO2. The van der Waals surface area contributed by atoms with Gasteiger partial charge in [-0.25, -0.2) is 4.79 Å². The predicted octanol–water partition coefficient (Wildman–Crippen LogP) is 3.92. The van der Waals surface area contributed by atoms with Gasteiger partial charge in [-0.05, 0) is 37.1 Å². The first-order valence-corrected chi connectivity index (χ1v) is 7.37. The minimum Gasteiger partial charge on any atom is -0.478 e. The van der Waals surface area contributed by atoms with Crippen LogP contribution in [0.5, 0.6) is 0 Å². The molecule has 1 aromatic carbocycles. The van der Waals surface area contributed by atoms with E-state index < -0.39 is 18.1 Å². The highest BCUT2D eigenvalue weighted by Crippen LogP contribution is 2.34. The first-order chi connectivity index (χ1) is 9.77. The molecule has 1 atom stereocenters. The van der Waals surface area contributed by atoms with Gasteiger partial charge in [0.15, 0.2) is 0 Å². The highest BCUT2D eigenvalue weighted by molar-refractivity contribution is 9.10. The third-order valence-electron chi connectivity index (χ3n) is 3.66. The molecule has 1 aromatic rings. The predicted molar refractivity (Wildman–Crippen MR) is 75.2 cm³/mol. The highest BCUT2D eigenvalue weighted by Gasteiger charge is 2.41. The van der Waals surface area contributed by atoms with Crippen LogP contribution in [0.15, 0.2) is 22.7 Å². The van der Waals surface area contributed by atoms with Crippen molar-refractivity contribution in [3.05, 3.63) is 33.8 Å². The number of nitrogens with zero attached hydrogens (tertiary/aromatic N) is 1. The number of aromatic carboxylic acids is 1. The van der Waals surface area contributed by atoms with Crippen molar-refractivity contribution in [1.29, 1.82) is 0 Å². The Labute approximate surface area is 128 Å². The van der Waals surface area contributed by atoms with E-state index in [1.54, 1.807) is 11.0 Å². The SMILES string of the molecule is O=C(O)c1ccc(CN2CCCC(C(F)(F)F)C2)c(Br)c1. The Morgan fingerprint density at radius 2 is 2.14 bits per heavy atom. The standard InChI is InChI=1S/C14H15BrF3NO2/c15-12-6-9(13(20)21)3-4-10(12)7-19-5-1-2-11(8-19)14(16,17)18/h3-4,6,11H,1-2,5,7-8H2,(H,20,21). The number of halogens is 4. The van der Waals surface area contributed by atoms with E-state index in [9.17, 15) is 18.0 Å². The number of hydrogen-bond acceptors (Lipinski definition) is 2. The van der Waals surface area contributed by atoms with Crippen LogP contribution in [0.4, 0.5) is 13.2 Å². The Bertz CT molecular complexity index is 533. The van der Waals surface area contributed by atoms with Crippen LogP contribution in [-0.4, -0.2) is 35.2 Å². The van der Waals surface area contributed by atoms with Crippen LogP contribution in [0, 0.1) is 5.92 Å². The van der Waals surface area contributed by atoms with Crippen LogP contribution in [0.1, 0.15) is 28.8 Å². The number of piperidine rings is 1. The first kappa shape index (κ1) is 16.3. The lowest BCUT2D eigenvalue weighted by atomic mass is 9.97. The van der Waals surface area contributed by atoms with Gasteiger partial charge < -0.3 is 5.11 Å². The van der Waals surface area contributed by atoms with E-state index in [4.69, 9.17) is 5.11 Å². The Balaban J connectivity index is 2.06. The molecule has 0 amide bonds. The van der Waals surface area contributed by atoms with E-state index in [2.05, 4.69) is 15.9 Å². The number of carboxylic acids is 1. The minimum atomic E-state index is -4.15. The first-order valence-electron chi connectivity index (χ1n) is 6.58. The summed E-state index contributed by atoms with van der Waals surface area (Å²) in [5.41, 5.74) is 0.945. The van der Waals surface area contributed by atoms with Crippen molar-refractivity contribution < 1.29 is 23.1 Å². The summed E-state index contributed by atoms with van der Waals surface area (Å²) in [6.45, 7) is 1.00. The maximum atomic E-state index is 12.8. The van der Waals surface area contributed by atoms with Gasteiger partial charge in [0.1, 0.15) is 0 Å². The van der Waals surface area contributed by atoms with E-state index in [1.165, 1.54) is 12.1 Å². The summed E-state index contributed by atoms with van der Waals surface area (Å²) in [6, 6.07) is 4.58. The number of benzene rings is 1. The Kier molecular flexibility index (Phi) is 4.93. The summed E-state index contributed by atoms with van der Waals surface area (Å²) in [4.78, 5) is 12.6. The average molecular weight is 366 g/mol. The monoisotopic (exact) mass is 365 g/mol. The average Bonchev–Trinajstić information content (AvgIpc) is 2.40. The zero-order valence-electron chi connectivity index (χ0n) is 11.2. The van der Waals surface area contributed by atoms with Gasteiger partial charge in [-0.1, -0.05) is 22.0 Å². The lowest BCUT2D eigenvalue weighted by molar-refractivity contribution is -0.187. The topological polar surface area (TPSA) is 40.5 Å². The van der Waals surface area contributed by atoms with Gasteiger partial charge in [-0.3, -0.25) is 4.90 Å². The lowest BCUT2D eigenvalue weighted by Gasteiger charge is -2.33. The zero-order valence-corrected chi connectivity index (χ0v) is 12.7. The highest BCUT2D eigenvalue weighted by atomic mass is 79.9. The number of likely N-dealkylation sites (tertiary alicyclic amines) is 1. The molecule has 1 aliphatic rings. The molecule has 0 radical (unpaired) electrons. The summed E-state index contributed by atoms with van der Waals surface area (Å²) in [7, 11) is 0. The third-order valence-corrected chi connectivity index (χ3v) is 4.40. The number of hydrogen-bond donors (Lipinski definition) is 1. The molecule has 3 nitrogen and oxygen atoms in total. The van der Waals surface area contributed by atoms with Crippen molar-refractivity contribution in [3.63, 3.8) is 0 Å². The van der Waals surface area contributed by atoms with Crippen LogP contribution in [-0.2, 0) is 6.54 Å². The molecule has 1 N–H and O–H groups in total. The van der Waals surface area contributed by atoms with Crippen molar-refractivity contribution in [2.75, 3.05) is 13.1 Å². The third kappa shape index (κ3) is 4.20. The molecule has 1 unspecified atom stereocenters. The molecule has 7 heteroatoms. The van der Waals surface area contributed by atoms with Crippen LogP contribution in [0.25, 0.3) is 0 Å².